The zero-order valence-electron chi connectivity index (χ0n) is 12.2. The Morgan fingerprint density at radius 1 is 1.47 bits per heavy atom. The standard InChI is InChI=1S/C14H24N2OS.ClH/c1-5-12-10(4)7-13(18-12)14(17)16-11(8-15)6-9(2)3;/h7,9,11H,5-6,8,15H2,1-4H3,(H,16,17);1H. The molecule has 0 spiro atoms. The predicted octanol–water partition coefficient (Wildman–Crippen LogP) is 3.14. The van der Waals surface area contributed by atoms with E-state index in [0.717, 1.165) is 17.7 Å². The summed E-state index contributed by atoms with van der Waals surface area (Å²) in [6.07, 6.45) is 1.91. The predicted molar refractivity (Wildman–Crippen MR) is 85.4 cm³/mol. The second-order valence-corrected chi connectivity index (χ2v) is 6.24. The van der Waals surface area contributed by atoms with E-state index in [2.05, 4.69) is 33.0 Å². The zero-order valence-corrected chi connectivity index (χ0v) is 13.8. The van der Waals surface area contributed by atoms with Gasteiger partial charge in [-0.2, -0.15) is 0 Å². The van der Waals surface area contributed by atoms with Crippen LogP contribution >= 0.6 is 23.7 Å². The Balaban J connectivity index is 0.00000324. The Morgan fingerprint density at radius 2 is 2.11 bits per heavy atom. The first-order valence-electron chi connectivity index (χ1n) is 6.58. The lowest BCUT2D eigenvalue weighted by Gasteiger charge is -2.18. The number of hydrogen-bond donors (Lipinski definition) is 2. The largest absolute Gasteiger partial charge is 0.347 e. The normalized spacial score (nSPS) is 12.1. The van der Waals surface area contributed by atoms with E-state index in [9.17, 15) is 4.79 Å². The maximum absolute atomic E-state index is 12.1. The summed E-state index contributed by atoms with van der Waals surface area (Å²) >= 11 is 1.59. The monoisotopic (exact) mass is 304 g/mol. The second-order valence-electron chi connectivity index (χ2n) is 5.11. The molecule has 110 valence electrons. The molecule has 1 rings (SSSR count). The molecular weight excluding hydrogens is 280 g/mol. The van der Waals surface area contributed by atoms with Crippen LogP contribution in [0.2, 0.25) is 0 Å². The molecule has 19 heavy (non-hydrogen) atoms. The van der Waals surface area contributed by atoms with Crippen LogP contribution in [0.25, 0.3) is 0 Å². The third kappa shape index (κ3) is 5.51. The summed E-state index contributed by atoms with van der Waals surface area (Å²) in [6, 6.07) is 2.05. The number of nitrogens with one attached hydrogen (secondary N) is 1. The SMILES string of the molecule is CCc1sc(C(=O)NC(CN)CC(C)C)cc1C.Cl. The summed E-state index contributed by atoms with van der Waals surface area (Å²) in [7, 11) is 0. The van der Waals surface area contributed by atoms with E-state index in [0.29, 0.717) is 12.5 Å². The van der Waals surface area contributed by atoms with Gasteiger partial charge >= 0.3 is 0 Å². The molecule has 0 bridgehead atoms. The van der Waals surface area contributed by atoms with E-state index in [4.69, 9.17) is 5.73 Å². The quantitative estimate of drug-likeness (QED) is 0.848. The summed E-state index contributed by atoms with van der Waals surface area (Å²) in [4.78, 5) is 14.2. The topological polar surface area (TPSA) is 55.1 Å². The van der Waals surface area contributed by atoms with Crippen LogP contribution in [-0.4, -0.2) is 18.5 Å². The fourth-order valence-corrected chi connectivity index (χ4v) is 3.04. The fraction of sp³-hybridized carbons (Fsp3) is 0.643. The van der Waals surface area contributed by atoms with Gasteiger partial charge in [0.1, 0.15) is 0 Å². The first-order valence-corrected chi connectivity index (χ1v) is 7.39. The van der Waals surface area contributed by atoms with Crippen LogP contribution in [0.1, 0.15) is 47.3 Å². The van der Waals surface area contributed by atoms with Gasteiger partial charge in [0.05, 0.1) is 4.88 Å². The van der Waals surface area contributed by atoms with Gasteiger partial charge in [0.15, 0.2) is 0 Å². The number of aryl methyl sites for hydroxylation is 2. The van der Waals surface area contributed by atoms with E-state index >= 15 is 0 Å². The fourth-order valence-electron chi connectivity index (χ4n) is 2.02. The van der Waals surface area contributed by atoms with Crippen molar-refractivity contribution in [1.29, 1.82) is 0 Å². The number of carbonyl (C=O) groups is 1. The molecule has 1 amide bonds. The van der Waals surface area contributed by atoms with Crippen LogP contribution in [0.4, 0.5) is 0 Å². The van der Waals surface area contributed by atoms with Crippen molar-refractivity contribution in [3.8, 4) is 0 Å². The van der Waals surface area contributed by atoms with Gasteiger partial charge in [-0.15, -0.1) is 23.7 Å². The van der Waals surface area contributed by atoms with Crippen molar-refractivity contribution in [3.63, 3.8) is 0 Å². The van der Waals surface area contributed by atoms with Crippen molar-refractivity contribution in [2.45, 2.75) is 46.6 Å². The molecule has 0 aliphatic rings. The maximum atomic E-state index is 12.1. The van der Waals surface area contributed by atoms with Crippen LogP contribution in [0.15, 0.2) is 6.07 Å². The Bertz CT molecular complexity index is 404. The molecule has 1 heterocycles. The average Bonchev–Trinajstić information content (AvgIpc) is 2.69. The molecule has 0 aliphatic heterocycles. The summed E-state index contributed by atoms with van der Waals surface area (Å²) in [5.74, 6) is 0.550. The molecule has 0 saturated heterocycles. The minimum absolute atomic E-state index is 0. The molecule has 0 fully saturated rings. The maximum Gasteiger partial charge on any atom is 0.261 e. The number of rotatable bonds is 6. The van der Waals surface area contributed by atoms with Crippen molar-refractivity contribution in [3.05, 3.63) is 21.4 Å². The minimum Gasteiger partial charge on any atom is -0.347 e. The molecule has 1 atom stereocenters. The summed E-state index contributed by atoms with van der Waals surface area (Å²) in [5, 5.41) is 3.03. The van der Waals surface area contributed by atoms with E-state index in [1.165, 1.54) is 10.4 Å². The Labute approximate surface area is 126 Å². The minimum atomic E-state index is 0. The highest BCUT2D eigenvalue weighted by Gasteiger charge is 2.16. The van der Waals surface area contributed by atoms with E-state index in [1.54, 1.807) is 11.3 Å². The molecule has 1 unspecified atom stereocenters. The number of nitrogens with two attached hydrogens (primary N) is 1. The van der Waals surface area contributed by atoms with Gasteiger partial charge in [-0.1, -0.05) is 20.8 Å². The van der Waals surface area contributed by atoms with E-state index < -0.39 is 0 Å². The van der Waals surface area contributed by atoms with Crippen LogP contribution < -0.4 is 11.1 Å². The molecule has 3 nitrogen and oxygen atoms in total. The summed E-state index contributed by atoms with van der Waals surface area (Å²) in [5.41, 5.74) is 6.91. The first kappa shape index (κ1) is 18.4. The van der Waals surface area contributed by atoms with Crippen LogP contribution in [0.5, 0.6) is 0 Å². The number of hydrogen-bond acceptors (Lipinski definition) is 3. The van der Waals surface area contributed by atoms with E-state index in [-0.39, 0.29) is 24.4 Å². The smallest absolute Gasteiger partial charge is 0.261 e. The van der Waals surface area contributed by atoms with Gasteiger partial charge in [-0.3, -0.25) is 4.79 Å². The van der Waals surface area contributed by atoms with Crippen molar-refractivity contribution >= 4 is 29.7 Å². The van der Waals surface area contributed by atoms with Crippen molar-refractivity contribution in [2.75, 3.05) is 6.54 Å². The molecule has 0 saturated carbocycles. The molecular formula is C14H25ClN2OS. The van der Waals surface area contributed by atoms with Crippen molar-refractivity contribution in [1.82, 2.24) is 5.32 Å². The van der Waals surface area contributed by atoms with Crippen LogP contribution in [0, 0.1) is 12.8 Å². The lowest BCUT2D eigenvalue weighted by molar-refractivity contribution is 0.0938. The molecule has 0 aromatic carbocycles. The first-order chi connectivity index (χ1) is 8.47. The molecule has 1 aromatic heterocycles. The number of carbonyl (C=O) groups excluding carboxylic acids is 1. The zero-order chi connectivity index (χ0) is 13.7. The highest BCUT2D eigenvalue weighted by atomic mass is 35.5. The third-order valence-corrected chi connectivity index (χ3v) is 4.32. The average molecular weight is 305 g/mol. The number of halogens is 1. The third-order valence-electron chi connectivity index (χ3n) is 2.94. The highest BCUT2D eigenvalue weighted by molar-refractivity contribution is 7.14. The van der Waals surface area contributed by atoms with Crippen molar-refractivity contribution < 1.29 is 4.79 Å². The van der Waals surface area contributed by atoms with Gasteiger partial charge in [-0.25, -0.2) is 0 Å². The summed E-state index contributed by atoms with van der Waals surface area (Å²) < 4.78 is 0. The van der Waals surface area contributed by atoms with Crippen LogP contribution in [-0.2, 0) is 6.42 Å². The van der Waals surface area contributed by atoms with E-state index in [1.807, 2.05) is 6.07 Å². The second kappa shape index (κ2) is 8.56. The Hall–Kier alpha value is -0.580. The lowest BCUT2D eigenvalue weighted by atomic mass is 10.0. The molecule has 3 N–H and O–H groups in total. The number of thiophene rings is 1. The number of amides is 1. The summed E-state index contributed by atoms with van der Waals surface area (Å²) in [6.45, 7) is 8.94. The molecule has 0 radical (unpaired) electrons. The molecule has 1 aromatic rings. The van der Waals surface area contributed by atoms with Gasteiger partial charge in [0, 0.05) is 17.5 Å². The van der Waals surface area contributed by atoms with Crippen LogP contribution in [0.3, 0.4) is 0 Å². The van der Waals surface area contributed by atoms with Gasteiger partial charge < -0.3 is 11.1 Å². The lowest BCUT2D eigenvalue weighted by Crippen LogP contribution is -2.40. The Kier molecular flexibility index (Phi) is 8.30. The van der Waals surface area contributed by atoms with Gasteiger partial charge in [0.2, 0.25) is 0 Å². The highest BCUT2D eigenvalue weighted by Crippen LogP contribution is 2.22. The molecule has 0 aliphatic carbocycles. The van der Waals surface area contributed by atoms with Gasteiger partial charge in [-0.05, 0) is 37.3 Å². The van der Waals surface area contributed by atoms with Crippen molar-refractivity contribution in [2.24, 2.45) is 11.7 Å². The molecule has 5 heteroatoms. The van der Waals surface area contributed by atoms with Gasteiger partial charge in [0.25, 0.3) is 5.91 Å². The Morgan fingerprint density at radius 3 is 2.53 bits per heavy atom.